The maximum atomic E-state index is 5.84. The van der Waals surface area contributed by atoms with Gasteiger partial charge in [0, 0.05) is 56.9 Å². The van der Waals surface area contributed by atoms with E-state index in [0.717, 1.165) is 43.3 Å². The summed E-state index contributed by atoms with van der Waals surface area (Å²) >= 11 is 0. The van der Waals surface area contributed by atoms with Crippen molar-refractivity contribution < 1.29 is 4.42 Å². The molecule has 0 atom stereocenters. The monoisotopic (exact) mass is 399 g/mol. The number of aliphatic imine (C=N–C) groups is 1. The number of likely N-dealkylation sites (N-methyl/N-ethyl adjacent to an activating group) is 1. The molecule has 0 saturated carbocycles. The second-order valence-electron chi connectivity index (χ2n) is 8.42. The second kappa shape index (κ2) is 9.26. The number of hydrogen-bond donors (Lipinski definition) is 2. The third-order valence-corrected chi connectivity index (χ3v) is 5.04. The second-order valence-corrected chi connectivity index (χ2v) is 8.42. The van der Waals surface area contributed by atoms with E-state index in [-0.39, 0.29) is 5.41 Å². The molecule has 1 fully saturated rings. The van der Waals surface area contributed by atoms with E-state index in [1.54, 1.807) is 13.2 Å². The van der Waals surface area contributed by atoms with Gasteiger partial charge in [-0.1, -0.05) is 26.8 Å². The van der Waals surface area contributed by atoms with Gasteiger partial charge in [-0.05, 0) is 13.1 Å². The number of anilines is 1. The molecule has 0 radical (unpaired) electrons. The van der Waals surface area contributed by atoms with E-state index in [0.29, 0.717) is 24.9 Å². The van der Waals surface area contributed by atoms with Gasteiger partial charge in [0.2, 0.25) is 5.89 Å². The van der Waals surface area contributed by atoms with Crippen LogP contribution in [0.5, 0.6) is 0 Å². The molecule has 3 heterocycles. The van der Waals surface area contributed by atoms with Crippen molar-refractivity contribution in [3.05, 3.63) is 41.7 Å². The Kier molecular flexibility index (Phi) is 6.74. The maximum Gasteiger partial charge on any atom is 0.213 e. The van der Waals surface area contributed by atoms with E-state index in [2.05, 4.69) is 69.3 Å². The molecule has 0 aliphatic carbocycles. The van der Waals surface area contributed by atoms with Gasteiger partial charge in [-0.2, -0.15) is 0 Å². The number of nitrogens with one attached hydrogen (secondary N) is 2. The first-order chi connectivity index (χ1) is 13.9. The van der Waals surface area contributed by atoms with Crippen molar-refractivity contribution in [2.45, 2.75) is 39.3 Å². The van der Waals surface area contributed by atoms with E-state index >= 15 is 0 Å². The molecule has 0 aromatic carbocycles. The van der Waals surface area contributed by atoms with Crippen LogP contribution in [0.1, 0.15) is 38.0 Å². The average Bonchev–Trinajstić information content (AvgIpc) is 3.19. The Bertz CT molecular complexity index is 816. The SMILES string of the molecule is CN=C(NCc1ncc(C(C)(C)C)o1)NCc1cccnc1N1CCN(C)CC1. The van der Waals surface area contributed by atoms with Crippen LogP contribution in [0.3, 0.4) is 0 Å². The zero-order chi connectivity index (χ0) is 20.9. The molecule has 0 spiro atoms. The minimum Gasteiger partial charge on any atom is -0.443 e. The lowest BCUT2D eigenvalue weighted by molar-refractivity contribution is 0.312. The largest absolute Gasteiger partial charge is 0.443 e. The molecule has 8 nitrogen and oxygen atoms in total. The summed E-state index contributed by atoms with van der Waals surface area (Å²) in [5.74, 6) is 3.28. The summed E-state index contributed by atoms with van der Waals surface area (Å²) in [4.78, 5) is 18.0. The summed E-state index contributed by atoms with van der Waals surface area (Å²) in [6.45, 7) is 11.5. The highest BCUT2D eigenvalue weighted by atomic mass is 16.4. The smallest absolute Gasteiger partial charge is 0.213 e. The first-order valence-corrected chi connectivity index (χ1v) is 10.1. The van der Waals surface area contributed by atoms with Gasteiger partial charge in [0.25, 0.3) is 0 Å². The fourth-order valence-electron chi connectivity index (χ4n) is 3.17. The number of rotatable bonds is 5. The topological polar surface area (TPSA) is 81.8 Å². The van der Waals surface area contributed by atoms with Crippen molar-refractivity contribution in [2.24, 2.45) is 4.99 Å². The molecule has 1 saturated heterocycles. The van der Waals surface area contributed by atoms with Crippen LogP contribution >= 0.6 is 0 Å². The van der Waals surface area contributed by atoms with Gasteiger partial charge in [0.1, 0.15) is 11.6 Å². The molecule has 2 aromatic heterocycles. The first-order valence-electron chi connectivity index (χ1n) is 10.1. The van der Waals surface area contributed by atoms with Gasteiger partial charge in [0.15, 0.2) is 5.96 Å². The van der Waals surface area contributed by atoms with Gasteiger partial charge in [0.05, 0.1) is 12.7 Å². The van der Waals surface area contributed by atoms with Crippen LogP contribution in [-0.2, 0) is 18.5 Å². The molecule has 8 heteroatoms. The Morgan fingerprint density at radius 2 is 1.86 bits per heavy atom. The number of oxazole rings is 1. The maximum absolute atomic E-state index is 5.84. The summed E-state index contributed by atoms with van der Waals surface area (Å²) in [6, 6.07) is 4.10. The number of nitrogens with zero attached hydrogens (tertiary/aromatic N) is 5. The molecule has 0 unspecified atom stereocenters. The third kappa shape index (κ3) is 5.69. The van der Waals surface area contributed by atoms with Crippen molar-refractivity contribution in [1.82, 2.24) is 25.5 Å². The summed E-state index contributed by atoms with van der Waals surface area (Å²) < 4.78 is 5.84. The molecular formula is C21H33N7O. The Hall–Kier alpha value is -2.61. The Morgan fingerprint density at radius 1 is 1.14 bits per heavy atom. The highest BCUT2D eigenvalue weighted by Crippen LogP contribution is 2.22. The Balaban J connectivity index is 1.57. The molecule has 3 rings (SSSR count). The lowest BCUT2D eigenvalue weighted by atomic mass is 9.94. The first kappa shape index (κ1) is 21.1. The summed E-state index contributed by atoms with van der Waals surface area (Å²) in [7, 11) is 3.92. The van der Waals surface area contributed by atoms with Crippen molar-refractivity contribution in [3.63, 3.8) is 0 Å². The van der Waals surface area contributed by atoms with Crippen LogP contribution in [0.25, 0.3) is 0 Å². The quantitative estimate of drug-likeness (QED) is 0.588. The van der Waals surface area contributed by atoms with E-state index in [1.165, 1.54) is 0 Å². The molecule has 2 aromatic rings. The summed E-state index contributed by atoms with van der Waals surface area (Å²) in [6.07, 6.45) is 3.66. The van der Waals surface area contributed by atoms with Gasteiger partial charge in [-0.25, -0.2) is 9.97 Å². The minimum absolute atomic E-state index is 0.0505. The highest BCUT2D eigenvalue weighted by Gasteiger charge is 2.20. The summed E-state index contributed by atoms with van der Waals surface area (Å²) in [5.41, 5.74) is 1.11. The number of guanidine groups is 1. The third-order valence-electron chi connectivity index (χ3n) is 5.04. The van der Waals surface area contributed by atoms with Crippen molar-refractivity contribution in [3.8, 4) is 0 Å². The molecule has 0 bridgehead atoms. The summed E-state index contributed by atoms with van der Waals surface area (Å²) in [5, 5.41) is 6.64. The van der Waals surface area contributed by atoms with E-state index in [1.807, 2.05) is 12.3 Å². The van der Waals surface area contributed by atoms with Crippen LogP contribution in [0.15, 0.2) is 33.9 Å². The number of hydrogen-bond acceptors (Lipinski definition) is 6. The number of aromatic nitrogens is 2. The van der Waals surface area contributed by atoms with E-state index in [9.17, 15) is 0 Å². The molecule has 158 valence electrons. The Morgan fingerprint density at radius 3 is 2.52 bits per heavy atom. The van der Waals surface area contributed by atoms with Gasteiger partial charge in [-0.15, -0.1) is 0 Å². The molecule has 1 aliphatic rings. The van der Waals surface area contributed by atoms with Crippen LogP contribution < -0.4 is 15.5 Å². The van der Waals surface area contributed by atoms with Crippen LogP contribution in [-0.4, -0.2) is 61.1 Å². The Labute approximate surface area is 173 Å². The van der Waals surface area contributed by atoms with Gasteiger partial charge < -0.3 is 24.9 Å². The zero-order valence-electron chi connectivity index (χ0n) is 18.2. The number of pyridine rings is 1. The van der Waals surface area contributed by atoms with Crippen LogP contribution in [0.4, 0.5) is 5.82 Å². The number of piperazine rings is 1. The molecule has 2 N–H and O–H groups in total. The standard InChI is InChI=1S/C21H33N7O/c1-21(2,3)17-14-24-18(29-17)15-26-20(22-4)25-13-16-7-6-8-23-19(16)28-11-9-27(5)10-12-28/h6-8,14H,9-13,15H2,1-5H3,(H2,22,25,26). The predicted octanol–water partition coefficient (Wildman–Crippen LogP) is 1.98. The van der Waals surface area contributed by atoms with E-state index < -0.39 is 0 Å². The van der Waals surface area contributed by atoms with Gasteiger partial charge >= 0.3 is 0 Å². The van der Waals surface area contributed by atoms with Crippen LogP contribution in [0.2, 0.25) is 0 Å². The lowest BCUT2D eigenvalue weighted by Crippen LogP contribution is -2.45. The molecule has 0 amide bonds. The molecular weight excluding hydrogens is 366 g/mol. The molecule has 29 heavy (non-hydrogen) atoms. The normalized spacial score (nSPS) is 16.2. The zero-order valence-corrected chi connectivity index (χ0v) is 18.2. The van der Waals surface area contributed by atoms with Crippen molar-refractivity contribution >= 4 is 11.8 Å². The van der Waals surface area contributed by atoms with Gasteiger partial charge in [-0.3, -0.25) is 4.99 Å². The highest BCUT2D eigenvalue weighted by molar-refractivity contribution is 5.79. The lowest BCUT2D eigenvalue weighted by Gasteiger charge is -2.34. The van der Waals surface area contributed by atoms with E-state index in [4.69, 9.17) is 4.42 Å². The molecule has 1 aliphatic heterocycles. The van der Waals surface area contributed by atoms with Crippen molar-refractivity contribution in [2.75, 3.05) is 45.2 Å². The fraction of sp³-hybridized carbons (Fsp3) is 0.571. The predicted molar refractivity (Wildman–Crippen MR) is 116 cm³/mol. The van der Waals surface area contributed by atoms with Crippen molar-refractivity contribution in [1.29, 1.82) is 0 Å². The fourth-order valence-corrected chi connectivity index (χ4v) is 3.17. The van der Waals surface area contributed by atoms with Crippen LogP contribution in [0, 0.1) is 0 Å². The minimum atomic E-state index is -0.0505. The average molecular weight is 400 g/mol.